The molecule has 2 rings (SSSR count). The van der Waals surface area contributed by atoms with Gasteiger partial charge in [-0.05, 0) is 24.3 Å². The summed E-state index contributed by atoms with van der Waals surface area (Å²) in [5.41, 5.74) is 0.663. The molecule has 0 saturated heterocycles. The zero-order valence-electron chi connectivity index (χ0n) is 11.6. The molecule has 4 nitrogen and oxygen atoms in total. The van der Waals surface area contributed by atoms with E-state index in [1.165, 1.54) is 11.8 Å². The van der Waals surface area contributed by atoms with Gasteiger partial charge in [-0.25, -0.2) is 0 Å². The van der Waals surface area contributed by atoms with E-state index in [4.69, 9.17) is 21.6 Å². The van der Waals surface area contributed by atoms with Gasteiger partial charge in [0.1, 0.15) is 5.75 Å². The highest BCUT2D eigenvalue weighted by Crippen LogP contribution is 2.27. The van der Waals surface area contributed by atoms with E-state index in [1.807, 2.05) is 18.2 Å². The number of anilines is 1. The first kappa shape index (κ1) is 16.2. The Morgan fingerprint density at radius 2 is 1.95 bits per heavy atom. The minimum atomic E-state index is -0.287. The Hall–Kier alpha value is -2.16. The average Bonchev–Trinajstić information content (AvgIpc) is 2.53. The van der Waals surface area contributed by atoms with Gasteiger partial charge < -0.3 is 10.1 Å². The molecule has 0 saturated carbocycles. The average molecular weight is 333 g/mol. The van der Waals surface area contributed by atoms with Crippen molar-refractivity contribution >= 4 is 35.0 Å². The zero-order valence-corrected chi connectivity index (χ0v) is 13.2. The van der Waals surface area contributed by atoms with Gasteiger partial charge >= 0.3 is 0 Å². The highest BCUT2D eigenvalue weighted by Gasteiger charge is 2.09. The maximum atomic E-state index is 12.0. The molecule has 0 spiro atoms. The van der Waals surface area contributed by atoms with E-state index >= 15 is 0 Å². The van der Waals surface area contributed by atoms with Crippen molar-refractivity contribution in [3.05, 3.63) is 53.6 Å². The number of nitriles is 1. The summed E-state index contributed by atoms with van der Waals surface area (Å²) >= 11 is 7.33. The van der Waals surface area contributed by atoms with E-state index < -0.39 is 0 Å². The van der Waals surface area contributed by atoms with Gasteiger partial charge in [0, 0.05) is 4.90 Å². The topological polar surface area (TPSA) is 62.1 Å². The normalized spacial score (nSPS) is 9.82. The highest BCUT2D eigenvalue weighted by molar-refractivity contribution is 7.99. The lowest BCUT2D eigenvalue weighted by Crippen LogP contribution is -2.20. The molecule has 0 aromatic heterocycles. The van der Waals surface area contributed by atoms with Gasteiger partial charge in [0.05, 0.1) is 22.5 Å². The molecule has 0 fully saturated rings. The van der Waals surface area contributed by atoms with Crippen molar-refractivity contribution in [3.63, 3.8) is 0 Å². The van der Waals surface area contributed by atoms with Crippen molar-refractivity contribution in [1.82, 2.24) is 0 Å². The Balaban J connectivity index is 1.95. The van der Waals surface area contributed by atoms with Crippen LogP contribution in [0.1, 0.15) is 0 Å². The smallest absolute Gasteiger partial charge is 0.262 e. The monoisotopic (exact) mass is 332 g/mol. The number of ether oxygens (including phenoxy) is 1. The van der Waals surface area contributed by atoms with Gasteiger partial charge in [0.25, 0.3) is 5.91 Å². The van der Waals surface area contributed by atoms with E-state index in [0.29, 0.717) is 22.2 Å². The lowest BCUT2D eigenvalue weighted by molar-refractivity contribution is -0.118. The molecule has 2 aromatic carbocycles. The first-order valence-electron chi connectivity index (χ1n) is 6.46. The van der Waals surface area contributed by atoms with Crippen molar-refractivity contribution in [3.8, 4) is 11.8 Å². The molecule has 0 aliphatic carbocycles. The number of nitrogens with one attached hydrogen (secondary N) is 1. The van der Waals surface area contributed by atoms with E-state index in [2.05, 4.69) is 11.4 Å². The maximum absolute atomic E-state index is 12.0. The van der Waals surface area contributed by atoms with Crippen molar-refractivity contribution < 1.29 is 9.53 Å². The molecule has 6 heteroatoms. The fraction of sp³-hybridized carbons (Fsp3) is 0.125. The van der Waals surface area contributed by atoms with E-state index in [0.717, 1.165) is 4.90 Å². The van der Waals surface area contributed by atoms with Gasteiger partial charge in [-0.2, -0.15) is 5.26 Å². The summed E-state index contributed by atoms with van der Waals surface area (Å²) in [5, 5.41) is 11.9. The summed E-state index contributed by atoms with van der Waals surface area (Å²) in [7, 11) is 0. The quantitative estimate of drug-likeness (QED) is 0.813. The molecule has 0 heterocycles. The van der Waals surface area contributed by atoms with Crippen LogP contribution < -0.4 is 10.1 Å². The number of carbonyl (C=O) groups excluding carboxylic acids is 1. The number of rotatable bonds is 6. The lowest BCUT2D eigenvalue weighted by Gasteiger charge is -2.11. The number of hydrogen-bond acceptors (Lipinski definition) is 4. The summed E-state index contributed by atoms with van der Waals surface area (Å²) in [5.74, 6) is 0.500. The van der Waals surface area contributed by atoms with Crippen LogP contribution >= 0.6 is 23.4 Å². The lowest BCUT2D eigenvalue weighted by atomic mass is 10.3. The fourth-order valence-corrected chi connectivity index (χ4v) is 2.56. The van der Waals surface area contributed by atoms with Crippen LogP contribution in [0.4, 0.5) is 5.69 Å². The molecule has 0 bridgehead atoms. The molecule has 22 heavy (non-hydrogen) atoms. The first-order chi connectivity index (χ1) is 10.7. The second-order valence-corrected chi connectivity index (χ2v) is 5.63. The van der Waals surface area contributed by atoms with Gasteiger partial charge in [0.15, 0.2) is 6.61 Å². The Bertz CT molecular complexity index is 701. The van der Waals surface area contributed by atoms with E-state index in [9.17, 15) is 4.79 Å². The molecule has 1 N–H and O–H groups in total. The highest BCUT2D eigenvalue weighted by atomic mass is 35.5. The number of thioether (sulfide) groups is 1. The number of nitrogens with zero attached hydrogens (tertiary/aromatic N) is 1. The van der Waals surface area contributed by atoms with Crippen LogP contribution in [-0.4, -0.2) is 18.3 Å². The Labute approximate surface area is 138 Å². The number of halogens is 1. The fourth-order valence-electron chi connectivity index (χ4n) is 1.70. The van der Waals surface area contributed by atoms with Crippen LogP contribution in [0.25, 0.3) is 0 Å². The summed E-state index contributed by atoms with van der Waals surface area (Å²) in [6.07, 6.45) is 0. The van der Waals surface area contributed by atoms with Crippen LogP contribution in [0.3, 0.4) is 0 Å². The Morgan fingerprint density at radius 3 is 2.73 bits per heavy atom. The molecule has 0 unspecified atom stereocenters. The predicted molar refractivity (Wildman–Crippen MR) is 88.4 cm³/mol. The van der Waals surface area contributed by atoms with Crippen molar-refractivity contribution in [2.75, 3.05) is 17.7 Å². The van der Waals surface area contributed by atoms with Gasteiger partial charge in [-0.15, -0.1) is 11.8 Å². The summed E-state index contributed by atoms with van der Waals surface area (Å²) in [4.78, 5) is 12.8. The van der Waals surface area contributed by atoms with Crippen LogP contribution in [0, 0.1) is 11.3 Å². The maximum Gasteiger partial charge on any atom is 0.262 e. The molecule has 2 aromatic rings. The number of para-hydroxylation sites is 2. The Kier molecular flexibility index (Phi) is 6.13. The molecule has 1 amide bonds. The first-order valence-corrected chi connectivity index (χ1v) is 7.83. The number of carbonyl (C=O) groups is 1. The number of hydrogen-bond donors (Lipinski definition) is 1. The largest absolute Gasteiger partial charge is 0.482 e. The van der Waals surface area contributed by atoms with E-state index in [-0.39, 0.29) is 12.5 Å². The second-order valence-electron chi connectivity index (χ2n) is 4.21. The second kappa shape index (κ2) is 8.32. The third-order valence-electron chi connectivity index (χ3n) is 2.65. The van der Waals surface area contributed by atoms with Gasteiger partial charge in [-0.1, -0.05) is 35.9 Å². The van der Waals surface area contributed by atoms with E-state index in [1.54, 1.807) is 30.3 Å². The van der Waals surface area contributed by atoms with Crippen molar-refractivity contribution in [2.45, 2.75) is 4.90 Å². The molecule has 0 aliphatic heterocycles. The molecular formula is C16H13ClN2O2S. The molecule has 112 valence electrons. The third kappa shape index (κ3) is 4.69. The molecule has 0 aliphatic rings. The zero-order chi connectivity index (χ0) is 15.8. The SMILES string of the molecule is N#CCSc1ccccc1NC(=O)COc1ccccc1Cl. The van der Waals surface area contributed by atoms with Gasteiger partial charge in [0.2, 0.25) is 0 Å². The third-order valence-corrected chi connectivity index (χ3v) is 3.90. The van der Waals surface area contributed by atoms with Crippen LogP contribution in [0.15, 0.2) is 53.4 Å². The summed E-state index contributed by atoms with van der Waals surface area (Å²) < 4.78 is 5.39. The molecular weight excluding hydrogens is 320 g/mol. The number of benzene rings is 2. The predicted octanol–water partition coefficient (Wildman–Crippen LogP) is 3.97. The minimum Gasteiger partial charge on any atom is -0.482 e. The van der Waals surface area contributed by atoms with Crippen LogP contribution in [-0.2, 0) is 4.79 Å². The summed E-state index contributed by atoms with van der Waals surface area (Å²) in [6.45, 7) is -0.138. The van der Waals surface area contributed by atoms with Gasteiger partial charge in [-0.3, -0.25) is 4.79 Å². The Morgan fingerprint density at radius 1 is 1.23 bits per heavy atom. The minimum absolute atomic E-state index is 0.138. The summed E-state index contributed by atoms with van der Waals surface area (Å²) in [6, 6.07) is 16.3. The van der Waals surface area contributed by atoms with Crippen LogP contribution in [0.5, 0.6) is 5.75 Å². The standard InChI is InChI=1S/C16H13ClN2O2S/c17-12-5-1-3-7-14(12)21-11-16(20)19-13-6-2-4-8-15(13)22-10-9-18/h1-8H,10-11H2,(H,19,20). The van der Waals surface area contributed by atoms with Crippen molar-refractivity contribution in [1.29, 1.82) is 5.26 Å². The number of amides is 1. The van der Waals surface area contributed by atoms with Crippen LogP contribution in [0.2, 0.25) is 5.02 Å². The van der Waals surface area contributed by atoms with Crippen molar-refractivity contribution in [2.24, 2.45) is 0 Å². The molecule has 0 atom stereocenters. The molecule has 0 radical (unpaired) electrons.